The van der Waals surface area contributed by atoms with Crippen LogP contribution < -0.4 is 0 Å². The highest BCUT2D eigenvalue weighted by Gasteiger charge is 2.33. The molecule has 0 saturated heterocycles. The average Bonchev–Trinajstić information content (AvgIpc) is 2.08. The van der Waals surface area contributed by atoms with Gasteiger partial charge >= 0.3 is 0 Å². The molecule has 0 N–H and O–H groups in total. The fourth-order valence-electron chi connectivity index (χ4n) is 0.874. The molecular formula is C8H2Cl5FO. The van der Waals surface area contributed by atoms with Gasteiger partial charge in [-0.2, -0.15) is 0 Å². The van der Waals surface area contributed by atoms with Crippen molar-refractivity contribution in [1.82, 2.24) is 0 Å². The number of Topliss-reactive ketones (excluding diaryl/α,β-unsaturated/α-hetero) is 1. The Kier molecular flexibility index (Phi) is 4.13. The van der Waals surface area contributed by atoms with Gasteiger partial charge in [0, 0.05) is 10.6 Å². The van der Waals surface area contributed by atoms with E-state index in [0.29, 0.717) is 0 Å². The van der Waals surface area contributed by atoms with E-state index in [1.54, 1.807) is 0 Å². The van der Waals surface area contributed by atoms with Gasteiger partial charge in [0.25, 0.3) is 3.79 Å². The number of rotatable bonds is 1. The summed E-state index contributed by atoms with van der Waals surface area (Å²) in [7, 11) is 0. The number of hydrogen-bond acceptors (Lipinski definition) is 1. The highest BCUT2D eigenvalue weighted by atomic mass is 35.6. The largest absolute Gasteiger partial charge is 0.289 e. The van der Waals surface area contributed by atoms with Crippen LogP contribution in [0.3, 0.4) is 0 Å². The fraction of sp³-hybridized carbons (Fsp3) is 0.125. The zero-order valence-electron chi connectivity index (χ0n) is 6.83. The van der Waals surface area contributed by atoms with Gasteiger partial charge in [-0.25, -0.2) is 4.39 Å². The molecule has 0 aliphatic heterocycles. The van der Waals surface area contributed by atoms with E-state index in [2.05, 4.69) is 0 Å². The van der Waals surface area contributed by atoms with Crippen LogP contribution in [0.15, 0.2) is 12.1 Å². The molecule has 0 atom stereocenters. The molecule has 1 nitrogen and oxygen atoms in total. The Bertz CT molecular complexity index is 412. The van der Waals surface area contributed by atoms with Crippen molar-refractivity contribution in [3.63, 3.8) is 0 Å². The molecule has 7 heteroatoms. The predicted octanol–water partition coefficient (Wildman–Crippen LogP) is 4.69. The third kappa shape index (κ3) is 3.11. The zero-order chi connectivity index (χ0) is 11.8. The van der Waals surface area contributed by atoms with Gasteiger partial charge in [0.2, 0.25) is 5.78 Å². The van der Waals surface area contributed by atoms with Crippen LogP contribution in [-0.2, 0) is 0 Å². The number of alkyl halides is 3. The van der Waals surface area contributed by atoms with E-state index in [1.807, 2.05) is 0 Å². The van der Waals surface area contributed by atoms with Crippen LogP contribution in [0.1, 0.15) is 10.4 Å². The highest BCUT2D eigenvalue weighted by molar-refractivity contribution is 6.77. The lowest BCUT2D eigenvalue weighted by atomic mass is 10.1. The second-order valence-electron chi connectivity index (χ2n) is 2.58. The monoisotopic (exact) mass is 308 g/mol. The lowest BCUT2D eigenvalue weighted by Crippen LogP contribution is -2.19. The van der Waals surface area contributed by atoms with E-state index < -0.39 is 20.4 Å². The molecule has 0 heterocycles. The third-order valence-electron chi connectivity index (χ3n) is 1.50. The van der Waals surface area contributed by atoms with Gasteiger partial charge in [0.1, 0.15) is 5.82 Å². The Morgan fingerprint density at radius 2 is 1.73 bits per heavy atom. The van der Waals surface area contributed by atoms with E-state index in [1.165, 1.54) is 0 Å². The first-order valence-corrected chi connectivity index (χ1v) is 5.38. The first-order chi connectivity index (χ1) is 6.73. The van der Waals surface area contributed by atoms with Crippen LogP contribution in [0, 0.1) is 5.82 Å². The second kappa shape index (κ2) is 4.64. The number of ketones is 1. The molecule has 82 valence electrons. The molecule has 0 unspecified atom stereocenters. The maximum absolute atomic E-state index is 13.1. The van der Waals surface area contributed by atoms with Crippen molar-refractivity contribution in [1.29, 1.82) is 0 Å². The Morgan fingerprint density at radius 1 is 1.20 bits per heavy atom. The number of benzene rings is 1. The summed E-state index contributed by atoms with van der Waals surface area (Å²) in [6.45, 7) is 0. The minimum atomic E-state index is -2.19. The standard InChI is InChI=1S/C8H2Cl5FO/c9-3-1-4(6(10)5(14)2-3)7(15)8(11,12)13/h1-2H. The van der Waals surface area contributed by atoms with Crippen LogP contribution in [-0.4, -0.2) is 9.58 Å². The van der Waals surface area contributed by atoms with E-state index >= 15 is 0 Å². The number of carbonyl (C=O) groups is 1. The molecule has 0 saturated carbocycles. The zero-order valence-corrected chi connectivity index (χ0v) is 10.6. The van der Waals surface area contributed by atoms with Crippen molar-refractivity contribution in [3.8, 4) is 0 Å². The van der Waals surface area contributed by atoms with Crippen LogP contribution in [0.4, 0.5) is 4.39 Å². The summed E-state index contributed by atoms with van der Waals surface area (Å²) in [5, 5.41) is -0.426. The topological polar surface area (TPSA) is 17.1 Å². The maximum Gasteiger partial charge on any atom is 0.253 e. The summed E-state index contributed by atoms with van der Waals surface area (Å²) in [5.41, 5.74) is -0.262. The molecular weight excluding hydrogens is 308 g/mol. The quantitative estimate of drug-likeness (QED) is 0.418. The van der Waals surface area contributed by atoms with Crippen molar-refractivity contribution < 1.29 is 9.18 Å². The minimum absolute atomic E-state index is 0.00509. The van der Waals surface area contributed by atoms with E-state index in [-0.39, 0.29) is 10.6 Å². The summed E-state index contributed by atoms with van der Waals surface area (Å²) in [6.07, 6.45) is 0. The van der Waals surface area contributed by atoms with Crippen LogP contribution in [0.25, 0.3) is 0 Å². The van der Waals surface area contributed by atoms with Gasteiger partial charge in [-0.3, -0.25) is 4.79 Å². The van der Waals surface area contributed by atoms with Gasteiger partial charge in [0.05, 0.1) is 5.02 Å². The molecule has 0 aromatic heterocycles. The Morgan fingerprint density at radius 3 is 2.20 bits per heavy atom. The van der Waals surface area contributed by atoms with Gasteiger partial charge in [-0.15, -0.1) is 0 Å². The van der Waals surface area contributed by atoms with Gasteiger partial charge in [-0.05, 0) is 12.1 Å². The summed E-state index contributed by atoms with van der Waals surface area (Å²) in [5.74, 6) is -1.78. The molecule has 0 aliphatic rings. The number of carbonyl (C=O) groups excluding carboxylic acids is 1. The highest BCUT2D eigenvalue weighted by Crippen LogP contribution is 2.34. The lowest BCUT2D eigenvalue weighted by Gasteiger charge is -2.11. The SMILES string of the molecule is O=C(c1cc(Cl)cc(F)c1Cl)C(Cl)(Cl)Cl. The Labute approximate surface area is 110 Å². The molecule has 1 rings (SSSR count). The molecule has 0 radical (unpaired) electrons. The van der Waals surface area contributed by atoms with Crippen LogP contribution >= 0.6 is 58.0 Å². The summed E-state index contributed by atoms with van der Waals surface area (Å²) in [6, 6.07) is 2.09. The Balaban J connectivity index is 3.32. The minimum Gasteiger partial charge on any atom is -0.289 e. The van der Waals surface area contributed by atoms with E-state index in [9.17, 15) is 9.18 Å². The summed E-state index contributed by atoms with van der Waals surface area (Å²) < 4.78 is 10.9. The summed E-state index contributed by atoms with van der Waals surface area (Å²) in [4.78, 5) is 11.5. The molecule has 0 spiro atoms. The molecule has 0 aliphatic carbocycles. The van der Waals surface area contributed by atoms with Crippen LogP contribution in [0.5, 0.6) is 0 Å². The predicted molar refractivity (Wildman–Crippen MR) is 61.0 cm³/mol. The molecule has 15 heavy (non-hydrogen) atoms. The second-order valence-corrected chi connectivity index (χ2v) is 5.67. The van der Waals surface area contributed by atoms with Crippen molar-refractivity contribution in [3.05, 3.63) is 33.6 Å². The van der Waals surface area contributed by atoms with Gasteiger partial charge in [0.15, 0.2) is 0 Å². The van der Waals surface area contributed by atoms with E-state index in [0.717, 1.165) is 12.1 Å². The van der Waals surface area contributed by atoms with Gasteiger partial charge in [-0.1, -0.05) is 58.0 Å². The lowest BCUT2D eigenvalue weighted by molar-refractivity contribution is 0.0996. The van der Waals surface area contributed by atoms with Gasteiger partial charge < -0.3 is 0 Å². The fourth-order valence-corrected chi connectivity index (χ4v) is 1.58. The average molecular weight is 310 g/mol. The van der Waals surface area contributed by atoms with Crippen molar-refractivity contribution in [2.75, 3.05) is 0 Å². The molecule has 0 amide bonds. The first-order valence-electron chi connectivity index (χ1n) is 3.49. The smallest absolute Gasteiger partial charge is 0.253 e. The number of hydrogen-bond donors (Lipinski definition) is 0. The first kappa shape index (κ1) is 13.3. The molecule has 1 aromatic rings. The maximum atomic E-state index is 13.1. The van der Waals surface area contributed by atoms with E-state index in [4.69, 9.17) is 58.0 Å². The molecule has 1 aromatic carbocycles. The third-order valence-corrected chi connectivity index (χ3v) is 2.61. The van der Waals surface area contributed by atoms with Crippen molar-refractivity contribution >= 4 is 63.8 Å². The van der Waals surface area contributed by atoms with Crippen molar-refractivity contribution in [2.45, 2.75) is 3.79 Å². The molecule has 0 fully saturated rings. The normalized spacial score (nSPS) is 11.6. The van der Waals surface area contributed by atoms with Crippen molar-refractivity contribution in [2.24, 2.45) is 0 Å². The number of halogens is 6. The van der Waals surface area contributed by atoms with Crippen LogP contribution in [0.2, 0.25) is 10.0 Å². The summed E-state index contributed by atoms with van der Waals surface area (Å²) >= 11 is 27.1. The Hall–Kier alpha value is 0.270. The molecule has 0 bridgehead atoms.